The van der Waals surface area contributed by atoms with Crippen molar-refractivity contribution in [1.29, 1.82) is 0 Å². The second-order valence-electron chi connectivity index (χ2n) is 12.8. The third kappa shape index (κ3) is 9.08. The van der Waals surface area contributed by atoms with Crippen LogP contribution < -0.4 is 9.80 Å². The van der Waals surface area contributed by atoms with E-state index in [1.807, 2.05) is 71.0 Å². The Labute approximate surface area is 251 Å². The Morgan fingerprint density at radius 2 is 1.43 bits per heavy atom. The van der Waals surface area contributed by atoms with Gasteiger partial charge in [-0.2, -0.15) is 0 Å². The molecular formula is C33H50N4O5. The van der Waals surface area contributed by atoms with Crippen molar-refractivity contribution in [2.24, 2.45) is 0 Å². The van der Waals surface area contributed by atoms with Gasteiger partial charge < -0.3 is 19.3 Å². The molecule has 1 saturated heterocycles. The molecule has 1 aliphatic rings. The van der Waals surface area contributed by atoms with Gasteiger partial charge in [0.25, 0.3) is 0 Å². The van der Waals surface area contributed by atoms with E-state index < -0.39 is 23.3 Å². The fourth-order valence-electron chi connectivity index (χ4n) is 5.20. The number of benzene rings is 2. The van der Waals surface area contributed by atoms with Crippen LogP contribution in [0.3, 0.4) is 0 Å². The quantitative estimate of drug-likeness (QED) is 0.307. The molecule has 0 atom stereocenters. The van der Waals surface area contributed by atoms with Gasteiger partial charge in [0, 0.05) is 31.6 Å². The maximum absolute atomic E-state index is 14.0. The minimum absolute atomic E-state index is 0.299. The van der Waals surface area contributed by atoms with Crippen LogP contribution in [0.5, 0.6) is 0 Å². The highest BCUT2D eigenvalue weighted by Gasteiger charge is 2.33. The zero-order valence-corrected chi connectivity index (χ0v) is 26.9. The number of hydrogen-bond donors (Lipinski definition) is 0. The van der Waals surface area contributed by atoms with Crippen LogP contribution in [0.2, 0.25) is 0 Å². The third-order valence-electron chi connectivity index (χ3n) is 7.11. The fraction of sp³-hybridized carbons (Fsp3) is 0.606. The molecule has 1 fully saturated rings. The molecule has 1 heterocycles. The first-order valence-electron chi connectivity index (χ1n) is 15.3. The Balaban J connectivity index is 2.21. The van der Waals surface area contributed by atoms with E-state index in [4.69, 9.17) is 9.47 Å². The van der Waals surface area contributed by atoms with E-state index in [2.05, 4.69) is 4.90 Å². The second kappa shape index (κ2) is 14.2. The van der Waals surface area contributed by atoms with Crippen LogP contribution in [0.1, 0.15) is 74.7 Å². The summed E-state index contributed by atoms with van der Waals surface area (Å²) in [6.07, 6.45) is 2.99. The lowest BCUT2D eigenvalue weighted by molar-refractivity contribution is -0.152. The van der Waals surface area contributed by atoms with Crippen LogP contribution in [-0.2, 0) is 14.3 Å². The highest BCUT2D eigenvalue weighted by Crippen LogP contribution is 2.39. The highest BCUT2D eigenvalue weighted by atomic mass is 16.6. The summed E-state index contributed by atoms with van der Waals surface area (Å²) in [5.41, 5.74) is -0.438. The molecule has 0 aliphatic carbocycles. The van der Waals surface area contributed by atoms with Crippen LogP contribution in [0.25, 0.3) is 10.8 Å². The van der Waals surface area contributed by atoms with Crippen molar-refractivity contribution in [3.63, 3.8) is 0 Å². The number of ether oxygens (including phenoxy) is 2. The molecule has 232 valence electrons. The van der Waals surface area contributed by atoms with Crippen LogP contribution in [0, 0.1) is 0 Å². The van der Waals surface area contributed by atoms with Gasteiger partial charge in [0.15, 0.2) is 0 Å². The van der Waals surface area contributed by atoms with Crippen molar-refractivity contribution in [1.82, 2.24) is 9.80 Å². The molecule has 0 N–H and O–H groups in total. The summed E-state index contributed by atoms with van der Waals surface area (Å²) in [5, 5.41) is 1.70. The molecule has 0 unspecified atom stereocenters. The summed E-state index contributed by atoms with van der Waals surface area (Å²) in [6, 6.07) is 11.2. The number of anilines is 2. The molecule has 1 aliphatic heterocycles. The van der Waals surface area contributed by atoms with Crippen molar-refractivity contribution in [2.45, 2.75) is 85.9 Å². The minimum Gasteiger partial charge on any atom is -0.459 e. The maximum atomic E-state index is 14.0. The van der Waals surface area contributed by atoms with Gasteiger partial charge in [-0.05, 0) is 92.8 Å². The molecule has 0 bridgehead atoms. The largest absolute Gasteiger partial charge is 0.459 e. The molecule has 9 nitrogen and oxygen atoms in total. The van der Waals surface area contributed by atoms with E-state index in [1.54, 1.807) is 30.6 Å². The Morgan fingerprint density at radius 3 is 2.02 bits per heavy atom. The number of amides is 3. The first-order chi connectivity index (χ1) is 19.7. The van der Waals surface area contributed by atoms with Crippen molar-refractivity contribution in [2.75, 3.05) is 55.6 Å². The molecule has 0 spiro atoms. The van der Waals surface area contributed by atoms with Gasteiger partial charge in [0.1, 0.15) is 17.7 Å². The van der Waals surface area contributed by atoms with Crippen molar-refractivity contribution < 1.29 is 23.9 Å². The average Bonchev–Trinajstić information content (AvgIpc) is 2.91. The van der Waals surface area contributed by atoms with E-state index in [0.717, 1.165) is 36.7 Å². The number of hydrogen-bond acceptors (Lipinski definition) is 6. The molecular weight excluding hydrogens is 532 g/mol. The van der Waals surface area contributed by atoms with Crippen LogP contribution in [-0.4, -0.2) is 84.9 Å². The van der Waals surface area contributed by atoms with Gasteiger partial charge in [0.05, 0.1) is 11.4 Å². The summed E-state index contributed by atoms with van der Waals surface area (Å²) in [7, 11) is 0. The van der Waals surface area contributed by atoms with E-state index in [9.17, 15) is 14.4 Å². The molecule has 2 aromatic rings. The summed E-state index contributed by atoms with van der Waals surface area (Å²) >= 11 is 0. The monoisotopic (exact) mass is 582 g/mol. The number of fused-ring (bicyclic) bond motifs is 1. The number of rotatable bonds is 9. The lowest BCUT2D eigenvalue weighted by Crippen LogP contribution is -2.48. The SMILES string of the molecule is CCN(CC)C(=O)N(CC(=O)OC(C)(C)C)c1ccc2ccccc2c1N(CCN1CCCCC1)C(=O)OC(C)(C)C. The van der Waals surface area contributed by atoms with E-state index in [-0.39, 0.29) is 12.6 Å². The lowest BCUT2D eigenvalue weighted by atomic mass is 10.0. The fourth-order valence-corrected chi connectivity index (χ4v) is 5.20. The number of esters is 1. The highest BCUT2D eigenvalue weighted by molar-refractivity contribution is 6.11. The van der Waals surface area contributed by atoms with Gasteiger partial charge in [-0.1, -0.05) is 36.8 Å². The Morgan fingerprint density at radius 1 is 0.810 bits per heavy atom. The smallest absolute Gasteiger partial charge is 0.414 e. The summed E-state index contributed by atoms with van der Waals surface area (Å²) < 4.78 is 11.6. The predicted octanol–water partition coefficient (Wildman–Crippen LogP) is 6.68. The lowest BCUT2D eigenvalue weighted by Gasteiger charge is -2.36. The summed E-state index contributed by atoms with van der Waals surface area (Å²) in [6.45, 7) is 18.4. The van der Waals surface area contributed by atoms with Gasteiger partial charge in [-0.25, -0.2) is 9.59 Å². The molecule has 3 rings (SSSR count). The van der Waals surface area contributed by atoms with Gasteiger partial charge >= 0.3 is 18.1 Å². The molecule has 0 aromatic heterocycles. The molecule has 3 amide bonds. The van der Waals surface area contributed by atoms with Gasteiger partial charge in [-0.15, -0.1) is 0 Å². The zero-order chi connectivity index (χ0) is 31.1. The number of carbonyl (C=O) groups is 3. The molecule has 2 aromatic carbocycles. The Bertz CT molecular complexity index is 1220. The maximum Gasteiger partial charge on any atom is 0.414 e. The molecule has 9 heteroatoms. The second-order valence-corrected chi connectivity index (χ2v) is 12.8. The molecule has 42 heavy (non-hydrogen) atoms. The average molecular weight is 583 g/mol. The van der Waals surface area contributed by atoms with Crippen molar-refractivity contribution >= 4 is 40.2 Å². The number of piperidine rings is 1. The van der Waals surface area contributed by atoms with E-state index >= 15 is 0 Å². The normalized spacial score (nSPS) is 14.4. The van der Waals surface area contributed by atoms with Crippen LogP contribution in [0.4, 0.5) is 21.0 Å². The summed E-state index contributed by atoms with van der Waals surface area (Å²) in [4.78, 5) is 48.3. The topological polar surface area (TPSA) is 82.6 Å². The van der Waals surface area contributed by atoms with Gasteiger partial charge in [0.2, 0.25) is 0 Å². The third-order valence-corrected chi connectivity index (χ3v) is 7.11. The Hall–Kier alpha value is -3.33. The predicted molar refractivity (Wildman–Crippen MR) is 169 cm³/mol. The number of likely N-dealkylation sites (tertiary alicyclic amines) is 1. The molecule has 0 radical (unpaired) electrons. The summed E-state index contributed by atoms with van der Waals surface area (Å²) in [5.74, 6) is -0.528. The first-order valence-corrected chi connectivity index (χ1v) is 15.3. The standard InChI is InChI=1S/C33H50N4O5/c1-9-35(10-2)30(39)37(24-28(38)41-32(3,4)5)27-19-18-25-16-12-13-17-26(25)29(27)36(31(40)42-33(6,7)8)23-22-34-20-14-11-15-21-34/h12-13,16-19H,9-11,14-15,20-24H2,1-8H3. The first kappa shape index (κ1) is 33.2. The van der Waals surface area contributed by atoms with E-state index in [1.165, 1.54) is 11.3 Å². The van der Waals surface area contributed by atoms with Crippen LogP contribution >= 0.6 is 0 Å². The van der Waals surface area contributed by atoms with Crippen molar-refractivity contribution in [3.8, 4) is 0 Å². The van der Waals surface area contributed by atoms with E-state index in [0.29, 0.717) is 37.6 Å². The number of nitrogens with zero attached hydrogens (tertiary/aromatic N) is 4. The van der Waals surface area contributed by atoms with Gasteiger partial charge in [-0.3, -0.25) is 14.6 Å². The van der Waals surface area contributed by atoms with Crippen molar-refractivity contribution in [3.05, 3.63) is 36.4 Å². The zero-order valence-electron chi connectivity index (χ0n) is 26.9. The Kier molecular flexibility index (Phi) is 11.2. The molecule has 0 saturated carbocycles. The van der Waals surface area contributed by atoms with Crippen LogP contribution in [0.15, 0.2) is 36.4 Å². The number of urea groups is 1. The number of carbonyl (C=O) groups excluding carboxylic acids is 3. The minimum atomic E-state index is -0.724.